The van der Waals surface area contributed by atoms with Crippen LogP contribution in [0.2, 0.25) is 0 Å². The lowest BCUT2D eigenvalue weighted by atomic mass is 10.0. The van der Waals surface area contributed by atoms with Crippen LogP contribution in [0.3, 0.4) is 0 Å². The topological polar surface area (TPSA) is 68.0 Å². The first-order chi connectivity index (χ1) is 14.6. The van der Waals surface area contributed by atoms with Gasteiger partial charge in [-0.2, -0.15) is 11.3 Å². The normalized spacial score (nSPS) is 11.1. The summed E-state index contributed by atoms with van der Waals surface area (Å²) in [4.78, 5) is 16.2. The summed E-state index contributed by atoms with van der Waals surface area (Å²) in [5, 5.41) is 8.80. The summed E-state index contributed by atoms with van der Waals surface area (Å²) < 4.78 is 1.10. The molecule has 0 fully saturated rings. The Morgan fingerprint density at radius 3 is 2.60 bits per heavy atom. The maximum absolute atomic E-state index is 11.3. The number of aromatic nitrogens is 1. The van der Waals surface area contributed by atoms with Crippen molar-refractivity contribution in [3.05, 3.63) is 86.5 Å². The van der Waals surface area contributed by atoms with E-state index in [1.807, 2.05) is 18.2 Å². The number of benzene rings is 2. The van der Waals surface area contributed by atoms with Gasteiger partial charge in [-0.15, -0.1) is 0 Å². The van der Waals surface area contributed by atoms with Crippen LogP contribution in [0, 0.1) is 0 Å². The number of carbonyl (C=O) groups excluding carboxylic acids is 1. The Morgan fingerprint density at radius 2 is 1.87 bits per heavy atom. The number of fused-ring (bicyclic) bond motifs is 1. The molecule has 0 spiro atoms. The zero-order valence-electron chi connectivity index (χ0n) is 16.4. The number of primary amides is 1. The third-order valence-electron chi connectivity index (χ3n) is 4.95. The Morgan fingerprint density at radius 1 is 1.07 bits per heavy atom. The summed E-state index contributed by atoms with van der Waals surface area (Å²) in [6.45, 7) is 1.63. The maximum atomic E-state index is 11.3. The average molecular weight is 480 g/mol. The standard InChI is InChI=1S/C24H22BrN3OS/c25-21-5-2-16(3-6-21)7-9-27-14-20-13-18-4-1-17(12-23(26)29)11-22(18)28-24(20)19-8-10-30-15-19/h1-6,8,10-11,13,15,27H,7,9,12,14H2,(H2,26,29). The Labute approximate surface area is 188 Å². The lowest BCUT2D eigenvalue weighted by molar-refractivity contribution is -0.117. The highest BCUT2D eigenvalue weighted by atomic mass is 79.9. The molecule has 30 heavy (non-hydrogen) atoms. The van der Waals surface area contributed by atoms with Gasteiger partial charge in [-0.1, -0.05) is 40.2 Å². The summed E-state index contributed by atoms with van der Waals surface area (Å²) in [6.07, 6.45) is 1.20. The molecule has 2 heterocycles. The Hall–Kier alpha value is -2.54. The molecule has 0 atom stereocenters. The van der Waals surface area contributed by atoms with Gasteiger partial charge < -0.3 is 11.1 Å². The van der Waals surface area contributed by atoms with Gasteiger partial charge in [0.25, 0.3) is 0 Å². The molecule has 0 saturated heterocycles. The van der Waals surface area contributed by atoms with E-state index in [-0.39, 0.29) is 12.3 Å². The first-order valence-corrected chi connectivity index (χ1v) is 11.5. The Bertz CT molecular complexity index is 1160. The minimum Gasteiger partial charge on any atom is -0.369 e. The Balaban J connectivity index is 1.55. The van der Waals surface area contributed by atoms with E-state index in [0.29, 0.717) is 0 Å². The van der Waals surface area contributed by atoms with Crippen molar-refractivity contribution in [2.45, 2.75) is 19.4 Å². The molecule has 0 radical (unpaired) electrons. The van der Waals surface area contributed by atoms with Crippen LogP contribution in [-0.4, -0.2) is 17.4 Å². The van der Waals surface area contributed by atoms with Crippen LogP contribution < -0.4 is 11.1 Å². The third kappa shape index (κ3) is 5.14. The predicted molar refractivity (Wildman–Crippen MR) is 128 cm³/mol. The molecule has 0 saturated carbocycles. The van der Waals surface area contributed by atoms with E-state index in [4.69, 9.17) is 10.7 Å². The van der Waals surface area contributed by atoms with E-state index in [9.17, 15) is 4.79 Å². The number of hydrogen-bond acceptors (Lipinski definition) is 4. The molecular formula is C24H22BrN3OS. The number of thiophene rings is 1. The number of rotatable bonds is 8. The second-order valence-electron chi connectivity index (χ2n) is 7.23. The highest BCUT2D eigenvalue weighted by molar-refractivity contribution is 9.10. The molecule has 2 aromatic carbocycles. The molecular weight excluding hydrogens is 458 g/mol. The second-order valence-corrected chi connectivity index (χ2v) is 8.93. The highest BCUT2D eigenvalue weighted by Crippen LogP contribution is 2.28. The number of hydrogen-bond donors (Lipinski definition) is 2. The minimum absolute atomic E-state index is 0.227. The van der Waals surface area contributed by atoms with Gasteiger partial charge in [0.1, 0.15) is 0 Å². The van der Waals surface area contributed by atoms with Crippen molar-refractivity contribution in [1.82, 2.24) is 10.3 Å². The van der Waals surface area contributed by atoms with Crippen molar-refractivity contribution < 1.29 is 4.79 Å². The van der Waals surface area contributed by atoms with Gasteiger partial charge in [-0.05, 0) is 65.4 Å². The molecule has 4 nitrogen and oxygen atoms in total. The van der Waals surface area contributed by atoms with Gasteiger partial charge >= 0.3 is 0 Å². The number of amides is 1. The Kier molecular flexibility index (Phi) is 6.57. The molecule has 0 aliphatic carbocycles. The first-order valence-electron chi connectivity index (χ1n) is 9.77. The fraction of sp³-hybridized carbons (Fsp3) is 0.167. The number of halogens is 1. The van der Waals surface area contributed by atoms with Crippen LogP contribution in [-0.2, 0) is 24.2 Å². The van der Waals surface area contributed by atoms with Crippen molar-refractivity contribution in [2.24, 2.45) is 5.73 Å². The fourth-order valence-corrected chi connectivity index (χ4v) is 4.36. The molecule has 0 aliphatic heterocycles. The van der Waals surface area contributed by atoms with Gasteiger partial charge in [-0.25, -0.2) is 4.98 Å². The molecule has 0 unspecified atom stereocenters. The number of nitrogens with zero attached hydrogens (tertiary/aromatic N) is 1. The van der Waals surface area contributed by atoms with Crippen LogP contribution in [0.4, 0.5) is 0 Å². The average Bonchev–Trinajstić information content (AvgIpc) is 3.26. The van der Waals surface area contributed by atoms with E-state index in [1.54, 1.807) is 11.3 Å². The molecule has 1 amide bonds. The number of nitrogens with two attached hydrogens (primary N) is 1. The second kappa shape index (κ2) is 9.51. The maximum Gasteiger partial charge on any atom is 0.221 e. The number of carbonyl (C=O) groups is 1. The molecule has 6 heteroatoms. The first kappa shape index (κ1) is 20.7. The largest absolute Gasteiger partial charge is 0.369 e. The van der Waals surface area contributed by atoms with E-state index in [1.165, 1.54) is 11.1 Å². The SMILES string of the molecule is NC(=O)Cc1ccc2cc(CNCCc3ccc(Br)cc3)c(-c3ccsc3)nc2c1. The molecule has 152 valence electrons. The number of nitrogens with one attached hydrogen (secondary N) is 1. The molecule has 2 aromatic heterocycles. The zero-order chi connectivity index (χ0) is 20.9. The van der Waals surface area contributed by atoms with Gasteiger partial charge in [0.15, 0.2) is 0 Å². The number of pyridine rings is 1. The highest BCUT2D eigenvalue weighted by Gasteiger charge is 2.11. The quantitative estimate of drug-likeness (QED) is 0.346. The van der Waals surface area contributed by atoms with Crippen molar-refractivity contribution in [1.29, 1.82) is 0 Å². The van der Waals surface area contributed by atoms with Gasteiger partial charge in [0.2, 0.25) is 5.91 Å². The lowest BCUT2D eigenvalue weighted by Gasteiger charge is -2.12. The van der Waals surface area contributed by atoms with Crippen molar-refractivity contribution in [2.75, 3.05) is 6.54 Å². The molecule has 0 aliphatic rings. The summed E-state index contributed by atoms with van der Waals surface area (Å²) >= 11 is 5.14. The molecule has 4 aromatic rings. The smallest absolute Gasteiger partial charge is 0.221 e. The van der Waals surface area contributed by atoms with E-state index in [2.05, 4.69) is 68.4 Å². The van der Waals surface area contributed by atoms with E-state index >= 15 is 0 Å². The van der Waals surface area contributed by atoms with Crippen LogP contribution in [0.25, 0.3) is 22.2 Å². The van der Waals surface area contributed by atoms with Gasteiger partial charge in [-0.3, -0.25) is 4.79 Å². The minimum atomic E-state index is -0.334. The third-order valence-corrected chi connectivity index (χ3v) is 6.17. The van der Waals surface area contributed by atoms with Crippen LogP contribution in [0.1, 0.15) is 16.7 Å². The van der Waals surface area contributed by atoms with Crippen molar-refractivity contribution in [3.63, 3.8) is 0 Å². The van der Waals surface area contributed by atoms with E-state index < -0.39 is 0 Å². The van der Waals surface area contributed by atoms with Crippen LogP contribution >= 0.6 is 27.3 Å². The van der Waals surface area contributed by atoms with Crippen molar-refractivity contribution in [3.8, 4) is 11.3 Å². The molecule has 0 bridgehead atoms. The zero-order valence-corrected chi connectivity index (χ0v) is 18.8. The summed E-state index contributed by atoms with van der Waals surface area (Å²) in [5.41, 5.74) is 11.7. The summed E-state index contributed by atoms with van der Waals surface area (Å²) in [6, 6.07) is 18.6. The summed E-state index contributed by atoms with van der Waals surface area (Å²) in [5.74, 6) is -0.334. The van der Waals surface area contributed by atoms with E-state index in [0.717, 1.165) is 51.7 Å². The van der Waals surface area contributed by atoms with Crippen LogP contribution in [0.5, 0.6) is 0 Å². The molecule has 3 N–H and O–H groups in total. The van der Waals surface area contributed by atoms with Crippen molar-refractivity contribution >= 4 is 44.1 Å². The summed E-state index contributed by atoms with van der Waals surface area (Å²) in [7, 11) is 0. The van der Waals surface area contributed by atoms with Crippen LogP contribution in [0.15, 0.2) is 69.8 Å². The molecule has 4 rings (SSSR count). The lowest BCUT2D eigenvalue weighted by Crippen LogP contribution is -2.17. The van der Waals surface area contributed by atoms with Gasteiger partial charge in [0, 0.05) is 27.3 Å². The monoisotopic (exact) mass is 479 g/mol. The fourth-order valence-electron chi connectivity index (χ4n) is 3.46. The predicted octanol–water partition coefficient (Wildman–Crippen LogP) is 5.09. The van der Waals surface area contributed by atoms with Gasteiger partial charge in [0.05, 0.1) is 17.6 Å².